The van der Waals surface area contributed by atoms with Crippen molar-refractivity contribution in [3.8, 4) is 0 Å². The Morgan fingerprint density at radius 1 is 1.33 bits per heavy atom. The molecule has 1 aromatic heterocycles. The lowest BCUT2D eigenvalue weighted by atomic mass is 9.96. The molecule has 5 heteroatoms. The molecule has 1 aromatic carbocycles. The van der Waals surface area contributed by atoms with Crippen molar-refractivity contribution in [3.63, 3.8) is 0 Å². The van der Waals surface area contributed by atoms with Gasteiger partial charge in [0.25, 0.3) is 0 Å². The third-order valence-corrected chi connectivity index (χ3v) is 5.54. The first-order chi connectivity index (χ1) is 11.6. The van der Waals surface area contributed by atoms with E-state index in [-0.39, 0.29) is 23.9 Å². The number of carbonyl (C=O) groups is 1. The number of amides is 1. The van der Waals surface area contributed by atoms with Crippen LogP contribution in [-0.4, -0.2) is 30.5 Å². The van der Waals surface area contributed by atoms with Gasteiger partial charge in [0.1, 0.15) is 5.82 Å². The lowest BCUT2D eigenvalue weighted by Crippen LogP contribution is -2.41. The summed E-state index contributed by atoms with van der Waals surface area (Å²) in [6.07, 6.45) is 2.87. The van der Waals surface area contributed by atoms with Gasteiger partial charge in [-0.3, -0.25) is 4.79 Å². The molecule has 2 heterocycles. The number of thiophene rings is 1. The molecule has 3 rings (SSSR count). The fourth-order valence-electron chi connectivity index (χ4n) is 3.11. The van der Waals surface area contributed by atoms with Crippen molar-refractivity contribution in [2.45, 2.75) is 37.8 Å². The zero-order valence-electron chi connectivity index (χ0n) is 13.8. The van der Waals surface area contributed by atoms with Gasteiger partial charge in [-0.25, -0.2) is 4.39 Å². The minimum absolute atomic E-state index is 0.0723. The van der Waals surface area contributed by atoms with Crippen LogP contribution in [0.1, 0.15) is 35.8 Å². The second kappa shape index (κ2) is 7.90. The highest BCUT2D eigenvalue weighted by molar-refractivity contribution is 7.09. The molecule has 2 atom stereocenters. The Morgan fingerprint density at radius 2 is 2.12 bits per heavy atom. The molecule has 24 heavy (non-hydrogen) atoms. The molecule has 0 bridgehead atoms. The molecule has 2 aromatic rings. The van der Waals surface area contributed by atoms with Crippen LogP contribution in [0.15, 0.2) is 41.8 Å². The smallest absolute Gasteiger partial charge is 0.222 e. The third-order valence-electron chi connectivity index (χ3n) is 4.60. The highest BCUT2D eigenvalue weighted by atomic mass is 32.1. The molecular weight excluding hydrogens is 325 g/mol. The Bertz CT molecular complexity index is 657. The number of nitrogens with zero attached hydrogens (tertiary/aromatic N) is 1. The van der Waals surface area contributed by atoms with Gasteiger partial charge in [-0.1, -0.05) is 18.2 Å². The van der Waals surface area contributed by atoms with Crippen molar-refractivity contribution >= 4 is 17.2 Å². The average Bonchev–Trinajstić information content (AvgIpc) is 3.13. The lowest BCUT2D eigenvalue weighted by Gasteiger charge is -2.35. The topological polar surface area (TPSA) is 29.5 Å². The molecule has 1 fully saturated rings. The summed E-state index contributed by atoms with van der Waals surface area (Å²) in [6, 6.07) is 10.7. The van der Waals surface area contributed by atoms with E-state index in [1.165, 1.54) is 17.0 Å². The van der Waals surface area contributed by atoms with Crippen LogP contribution in [0.2, 0.25) is 0 Å². The molecular formula is C19H22FNO2S. The summed E-state index contributed by atoms with van der Waals surface area (Å²) in [5.41, 5.74) is 0.973. The van der Waals surface area contributed by atoms with Gasteiger partial charge in [-0.2, -0.15) is 0 Å². The lowest BCUT2D eigenvalue weighted by molar-refractivity contribution is -0.135. The van der Waals surface area contributed by atoms with Crippen LogP contribution in [0.3, 0.4) is 0 Å². The zero-order chi connectivity index (χ0) is 16.9. The van der Waals surface area contributed by atoms with Crippen LogP contribution in [0.25, 0.3) is 0 Å². The number of hydrogen-bond acceptors (Lipinski definition) is 3. The first-order valence-corrected chi connectivity index (χ1v) is 9.16. The molecule has 0 saturated carbocycles. The molecule has 1 amide bonds. The largest absolute Gasteiger partial charge is 0.373 e. The first-order valence-electron chi connectivity index (χ1n) is 8.28. The Balaban J connectivity index is 1.56. The van der Waals surface area contributed by atoms with Gasteiger partial charge in [0.05, 0.1) is 6.10 Å². The quantitative estimate of drug-likeness (QED) is 0.811. The molecule has 0 unspecified atom stereocenters. The standard InChI is InChI=1S/C19H22FNO2S/c1-21(19(22)9-8-17-3-2-12-24-17)16-10-11-23-18(13-16)14-4-6-15(20)7-5-14/h2-7,12,16,18H,8-11,13H2,1H3/t16-,18+/m0/s1. The zero-order valence-corrected chi connectivity index (χ0v) is 14.6. The fourth-order valence-corrected chi connectivity index (χ4v) is 3.81. The van der Waals surface area contributed by atoms with E-state index >= 15 is 0 Å². The molecule has 0 radical (unpaired) electrons. The summed E-state index contributed by atoms with van der Waals surface area (Å²) < 4.78 is 18.9. The number of rotatable bonds is 5. The fraction of sp³-hybridized carbons (Fsp3) is 0.421. The predicted octanol–water partition coefficient (Wildman–Crippen LogP) is 4.20. The minimum atomic E-state index is -0.244. The summed E-state index contributed by atoms with van der Waals surface area (Å²) >= 11 is 1.69. The van der Waals surface area contributed by atoms with Crippen molar-refractivity contribution in [2.24, 2.45) is 0 Å². The summed E-state index contributed by atoms with van der Waals surface area (Å²) in [7, 11) is 1.88. The van der Waals surface area contributed by atoms with Crippen LogP contribution < -0.4 is 0 Å². The van der Waals surface area contributed by atoms with Crippen LogP contribution in [0.5, 0.6) is 0 Å². The van der Waals surface area contributed by atoms with Gasteiger partial charge in [0.15, 0.2) is 0 Å². The monoisotopic (exact) mass is 347 g/mol. The van der Waals surface area contributed by atoms with Crippen LogP contribution >= 0.6 is 11.3 Å². The SMILES string of the molecule is CN(C(=O)CCc1cccs1)[C@H]1CCO[C@@H](c2ccc(F)cc2)C1. The molecule has 0 aliphatic carbocycles. The van der Waals surface area contributed by atoms with Crippen molar-refractivity contribution < 1.29 is 13.9 Å². The maximum Gasteiger partial charge on any atom is 0.222 e. The second-order valence-corrected chi connectivity index (χ2v) is 7.21. The van der Waals surface area contributed by atoms with Crippen molar-refractivity contribution in [3.05, 3.63) is 58.0 Å². The third kappa shape index (κ3) is 4.22. The van der Waals surface area contributed by atoms with Gasteiger partial charge < -0.3 is 9.64 Å². The number of halogens is 1. The van der Waals surface area contributed by atoms with E-state index in [0.717, 1.165) is 24.8 Å². The van der Waals surface area contributed by atoms with Crippen LogP contribution in [0, 0.1) is 5.82 Å². The maximum absolute atomic E-state index is 13.1. The number of carbonyl (C=O) groups excluding carboxylic acids is 1. The van der Waals surface area contributed by atoms with E-state index in [0.29, 0.717) is 13.0 Å². The van der Waals surface area contributed by atoms with Crippen LogP contribution in [0.4, 0.5) is 4.39 Å². The number of ether oxygens (including phenoxy) is 1. The molecule has 1 aliphatic rings. The highest BCUT2D eigenvalue weighted by Gasteiger charge is 2.28. The summed E-state index contributed by atoms with van der Waals surface area (Å²) in [5.74, 6) is -0.0693. The molecule has 128 valence electrons. The summed E-state index contributed by atoms with van der Waals surface area (Å²) in [6.45, 7) is 0.620. The normalized spacial score (nSPS) is 20.8. The van der Waals surface area contributed by atoms with Gasteiger partial charge in [-0.15, -0.1) is 11.3 Å². The van der Waals surface area contributed by atoms with Gasteiger partial charge in [-0.05, 0) is 48.4 Å². The number of aryl methyl sites for hydroxylation is 1. The Morgan fingerprint density at radius 3 is 2.83 bits per heavy atom. The van der Waals surface area contributed by atoms with E-state index in [2.05, 4.69) is 6.07 Å². The molecule has 0 spiro atoms. The van der Waals surface area contributed by atoms with E-state index in [4.69, 9.17) is 4.74 Å². The van der Waals surface area contributed by atoms with Crippen molar-refractivity contribution in [2.75, 3.05) is 13.7 Å². The van der Waals surface area contributed by atoms with E-state index < -0.39 is 0 Å². The van der Waals surface area contributed by atoms with E-state index in [1.54, 1.807) is 23.5 Å². The average molecular weight is 347 g/mol. The Hall–Kier alpha value is -1.72. The van der Waals surface area contributed by atoms with Gasteiger partial charge in [0, 0.05) is 31.0 Å². The highest BCUT2D eigenvalue weighted by Crippen LogP contribution is 2.30. The first kappa shape index (κ1) is 17.1. The molecule has 1 saturated heterocycles. The molecule has 0 N–H and O–H groups in total. The van der Waals surface area contributed by atoms with Gasteiger partial charge >= 0.3 is 0 Å². The van der Waals surface area contributed by atoms with Crippen molar-refractivity contribution in [1.82, 2.24) is 4.90 Å². The predicted molar refractivity (Wildman–Crippen MR) is 93.5 cm³/mol. The van der Waals surface area contributed by atoms with Crippen LogP contribution in [-0.2, 0) is 16.0 Å². The van der Waals surface area contributed by atoms with E-state index in [9.17, 15) is 9.18 Å². The second-order valence-electron chi connectivity index (χ2n) is 6.17. The summed E-state index contributed by atoms with van der Waals surface area (Å²) in [5, 5.41) is 2.04. The summed E-state index contributed by atoms with van der Waals surface area (Å²) in [4.78, 5) is 15.6. The van der Waals surface area contributed by atoms with Gasteiger partial charge in [0.2, 0.25) is 5.91 Å². The number of hydrogen-bond donors (Lipinski definition) is 0. The minimum Gasteiger partial charge on any atom is -0.373 e. The molecule has 1 aliphatic heterocycles. The Kier molecular flexibility index (Phi) is 5.63. The maximum atomic E-state index is 13.1. The number of benzene rings is 1. The molecule has 3 nitrogen and oxygen atoms in total. The van der Waals surface area contributed by atoms with Crippen molar-refractivity contribution in [1.29, 1.82) is 0 Å². The van der Waals surface area contributed by atoms with E-state index in [1.807, 2.05) is 23.4 Å². The Labute approximate surface area is 146 Å².